The van der Waals surface area contributed by atoms with E-state index in [9.17, 15) is 0 Å². The van der Waals surface area contributed by atoms with Crippen LogP contribution in [0, 0.1) is 0 Å². The van der Waals surface area contributed by atoms with Crippen LogP contribution in [0.4, 0.5) is 0 Å². The number of nitrogens with zero attached hydrogens (tertiary/aromatic N) is 3. The number of guanidine groups is 1. The molecular weight excluding hydrogens is 473 g/mol. The van der Waals surface area contributed by atoms with E-state index in [4.69, 9.17) is 0 Å². The highest BCUT2D eigenvalue weighted by Crippen LogP contribution is 2.26. The van der Waals surface area contributed by atoms with Gasteiger partial charge in [-0.15, -0.1) is 24.0 Å². The van der Waals surface area contributed by atoms with Gasteiger partial charge in [0.05, 0.1) is 0 Å². The van der Waals surface area contributed by atoms with Crippen molar-refractivity contribution in [3.8, 4) is 0 Å². The number of likely N-dealkylation sites (tertiary alicyclic amines) is 1. The summed E-state index contributed by atoms with van der Waals surface area (Å²) in [4.78, 5) is 9.77. The minimum atomic E-state index is 0. The lowest BCUT2D eigenvalue weighted by atomic mass is 9.99. The number of aliphatic imine (C=N–C) groups is 1. The Balaban J connectivity index is 0.00000240. The first-order valence-corrected chi connectivity index (χ1v) is 11.2. The van der Waals surface area contributed by atoms with Crippen molar-refractivity contribution in [1.82, 2.24) is 20.4 Å². The van der Waals surface area contributed by atoms with Gasteiger partial charge in [0, 0.05) is 57.9 Å². The predicted octanol–water partition coefficient (Wildman–Crippen LogP) is 3.23. The number of benzene rings is 1. The molecule has 2 unspecified atom stereocenters. The van der Waals surface area contributed by atoms with Crippen molar-refractivity contribution in [1.29, 1.82) is 0 Å². The van der Waals surface area contributed by atoms with E-state index in [1.165, 1.54) is 56.3 Å². The molecule has 0 radical (unpaired) electrons. The van der Waals surface area contributed by atoms with Crippen LogP contribution in [0.15, 0.2) is 29.3 Å². The summed E-state index contributed by atoms with van der Waals surface area (Å²) in [6, 6.07) is 10.7. The lowest BCUT2D eigenvalue weighted by molar-refractivity contribution is 0.191. The summed E-state index contributed by atoms with van der Waals surface area (Å²) in [5.74, 6) is 0.961. The molecule has 2 atom stereocenters. The number of fused-ring (bicyclic) bond motifs is 1. The van der Waals surface area contributed by atoms with Crippen molar-refractivity contribution in [2.24, 2.45) is 4.99 Å². The van der Waals surface area contributed by atoms with E-state index >= 15 is 0 Å². The number of hydrogen-bond acceptors (Lipinski definition) is 3. The van der Waals surface area contributed by atoms with Crippen LogP contribution in [0.1, 0.15) is 50.2 Å². The molecule has 162 valence electrons. The van der Waals surface area contributed by atoms with Crippen LogP contribution >= 0.6 is 24.0 Å². The van der Waals surface area contributed by atoms with Crippen molar-refractivity contribution in [2.45, 2.75) is 70.1 Å². The second-order valence-electron chi connectivity index (χ2n) is 8.85. The summed E-state index contributed by atoms with van der Waals surface area (Å²) in [5.41, 5.74) is 3.01. The molecular formula is C23H38IN5. The number of halogens is 1. The largest absolute Gasteiger partial charge is 0.355 e. The summed E-state index contributed by atoms with van der Waals surface area (Å²) in [5, 5.41) is 7.25. The van der Waals surface area contributed by atoms with Crippen molar-refractivity contribution in [3.63, 3.8) is 0 Å². The summed E-state index contributed by atoms with van der Waals surface area (Å²) in [6.45, 7) is 7.87. The smallest absolute Gasteiger partial charge is 0.191 e. The Labute approximate surface area is 193 Å². The molecule has 0 bridgehead atoms. The quantitative estimate of drug-likeness (QED) is 0.362. The maximum absolute atomic E-state index is 4.48. The van der Waals surface area contributed by atoms with E-state index in [-0.39, 0.29) is 24.0 Å². The zero-order valence-corrected chi connectivity index (χ0v) is 20.4. The third kappa shape index (κ3) is 5.85. The normalized spacial score (nSPS) is 24.8. The van der Waals surface area contributed by atoms with E-state index in [0.717, 1.165) is 38.1 Å². The highest BCUT2D eigenvalue weighted by atomic mass is 127. The van der Waals surface area contributed by atoms with Crippen LogP contribution in [-0.2, 0) is 13.0 Å². The second kappa shape index (κ2) is 11.0. The Morgan fingerprint density at radius 3 is 2.66 bits per heavy atom. The van der Waals surface area contributed by atoms with Crippen LogP contribution in [-0.4, -0.2) is 67.1 Å². The third-order valence-corrected chi connectivity index (χ3v) is 6.97. The molecule has 1 aliphatic carbocycles. The van der Waals surface area contributed by atoms with E-state index in [1.54, 1.807) is 0 Å². The fourth-order valence-electron chi connectivity index (χ4n) is 5.16. The molecule has 6 heteroatoms. The van der Waals surface area contributed by atoms with Gasteiger partial charge >= 0.3 is 0 Å². The van der Waals surface area contributed by atoms with Gasteiger partial charge in [-0.2, -0.15) is 0 Å². The second-order valence-corrected chi connectivity index (χ2v) is 8.85. The van der Waals surface area contributed by atoms with Crippen LogP contribution < -0.4 is 10.6 Å². The van der Waals surface area contributed by atoms with Gasteiger partial charge in [-0.3, -0.25) is 14.8 Å². The Morgan fingerprint density at radius 2 is 1.90 bits per heavy atom. The molecule has 1 saturated heterocycles. The number of rotatable bonds is 5. The maximum Gasteiger partial charge on any atom is 0.191 e. The van der Waals surface area contributed by atoms with E-state index in [0.29, 0.717) is 12.1 Å². The third-order valence-electron chi connectivity index (χ3n) is 6.97. The van der Waals surface area contributed by atoms with Gasteiger partial charge < -0.3 is 10.6 Å². The molecule has 2 heterocycles. The summed E-state index contributed by atoms with van der Waals surface area (Å²) in [7, 11) is 1.89. The number of hydrogen-bond donors (Lipinski definition) is 2. The summed E-state index contributed by atoms with van der Waals surface area (Å²) >= 11 is 0. The Bertz CT molecular complexity index is 673. The zero-order chi connectivity index (χ0) is 19.3. The first-order valence-electron chi connectivity index (χ1n) is 11.2. The fraction of sp³-hybridized carbons (Fsp3) is 0.696. The molecule has 2 aliphatic heterocycles. The average molecular weight is 511 g/mol. The standard InChI is InChI=1S/C23H37N5.HI/c1-18(27-13-11-19-7-3-4-8-20(19)16-27)15-25-23(24-2)26-21-12-14-28(17-21)22-9-5-6-10-22;/h3-4,7-8,18,21-22H,5-6,9-17H2,1-2H3,(H2,24,25,26);1H. The molecule has 0 amide bonds. The molecule has 1 saturated carbocycles. The van der Waals surface area contributed by atoms with Crippen LogP contribution in [0.3, 0.4) is 0 Å². The maximum atomic E-state index is 4.48. The molecule has 0 spiro atoms. The molecule has 2 fully saturated rings. The molecule has 4 rings (SSSR count). The van der Waals surface area contributed by atoms with Crippen molar-refractivity contribution in [2.75, 3.05) is 33.2 Å². The number of nitrogens with one attached hydrogen (secondary N) is 2. The van der Waals surface area contributed by atoms with Crippen molar-refractivity contribution < 1.29 is 0 Å². The molecule has 1 aromatic carbocycles. The van der Waals surface area contributed by atoms with Crippen molar-refractivity contribution >= 4 is 29.9 Å². The van der Waals surface area contributed by atoms with E-state index in [1.807, 2.05) is 7.05 Å². The van der Waals surface area contributed by atoms with Crippen LogP contribution in [0.5, 0.6) is 0 Å². The minimum absolute atomic E-state index is 0. The van der Waals surface area contributed by atoms with E-state index < -0.39 is 0 Å². The van der Waals surface area contributed by atoms with Crippen LogP contribution in [0.25, 0.3) is 0 Å². The van der Waals surface area contributed by atoms with Gasteiger partial charge in [0.25, 0.3) is 0 Å². The van der Waals surface area contributed by atoms with Gasteiger partial charge in [-0.25, -0.2) is 0 Å². The van der Waals surface area contributed by atoms with Gasteiger partial charge in [-0.05, 0) is 43.7 Å². The Kier molecular flexibility index (Phi) is 8.62. The fourth-order valence-corrected chi connectivity index (χ4v) is 5.16. The molecule has 0 aromatic heterocycles. The van der Waals surface area contributed by atoms with Gasteiger partial charge in [0.1, 0.15) is 0 Å². The predicted molar refractivity (Wildman–Crippen MR) is 132 cm³/mol. The summed E-state index contributed by atoms with van der Waals surface area (Å²) < 4.78 is 0. The highest BCUT2D eigenvalue weighted by Gasteiger charge is 2.30. The summed E-state index contributed by atoms with van der Waals surface area (Å²) in [6.07, 6.45) is 8.03. The minimum Gasteiger partial charge on any atom is -0.355 e. The molecule has 5 nitrogen and oxygen atoms in total. The molecule has 3 aliphatic rings. The monoisotopic (exact) mass is 511 g/mol. The molecule has 29 heavy (non-hydrogen) atoms. The SMILES string of the molecule is CN=C(NCC(C)N1CCc2ccccc2C1)NC1CCN(C2CCCC2)C1.I. The first kappa shape index (κ1) is 22.8. The molecule has 1 aromatic rings. The Hall–Kier alpha value is -0.860. The highest BCUT2D eigenvalue weighted by molar-refractivity contribution is 14.0. The average Bonchev–Trinajstić information content (AvgIpc) is 3.42. The molecule has 2 N–H and O–H groups in total. The van der Waals surface area contributed by atoms with Gasteiger partial charge in [-0.1, -0.05) is 37.1 Å². The van der Waals surface area contributed by atoms with Crippen LogP contribution in [0.2, 0.25) is 0 Å². The van der Waals surface area contributed by atoms with Gasteiger partial charge in [0.15, 0.2) is 5.96 Å². The van der Waals surface area contributed by atoms with E-state index in [2.05, 4.69) is 56.6 Å². The first-order chi connectivity index (χ1) is 13.7. The zero-order valence-electron chi connectivity index (χ0n) is 18.1. The van der Waals surface area contributed by atoms with Crippen molar-refractivity contribution in [3.05, 3.63) is 35.4 Å². The topological polar surface area (TPSA) is 42.9 Å². The Morgan fingerprint density at radius 1 is 1.14 bits per heavy atom. The van der Waals surface area contributed by atoms with Gasteiger partial charge in [0.2, 0.25) is 0 Å². The lowest BCUT2D eigenvalue weighted by Crippen LogP contribution is -2.50. The lowest BCUT2D eigenvalue weighted by Gasteiger charge is -2.34.